The Bertz CT molecular complexity index is 1460. The lowest BCUT2D eigenvalue weighted by Crippen LogP contribution is -2.20. The van der Waals surface area contributed by atoms with E-state index < -0.39 is 17.3 Å². The maximum atomic E-state index is 13.3. The number of halogens is 4. The van der Waals surface area contributed by atoms with Crippen LogP contribution in [0.2, 0.25) is 0 Å². The van der Waals surface area contributed by atoms with Gasteiger partial charge in [0, 0.05) is 5.56 Å². The first kappa shape index (κ1) is 24.9. The Balaban J connectivity index is 1.82. The number of benzene rings is 3. The summed E-state index contributed by atoms with van der Waals surface area (Å²) in [6, 6.07) is 16.8. The van der Waals surface area contributed by atoms with Crippen LogP contribution in [0.3, 0.4) is 0 Å². The second kappa shape index (κ2) is 10.2. The van der Waals surface area contributed by atoms with Gasteiger partial charge in [-0.1, -0.05) is 31.2 Å². The minimum absolute atomic E-state index is 0.0162. The van der Waals surface area contributed by atoms with E-state index in [1.165, 1.54) is 18.3 Å². The van der Waals surface area contributed by atoms with Gasteiger partial charge in [0.1, 0.15) is 5.75 Å². The van der Waals surface area contributed by atoms with Gasteiger partial charge in [-0.15, -0.1) is 0 Å². The molecule has 3 aromatic carbocycles. The molecule has 4 aromatic rings. The number of hydrogen-bond acceptors (Lipinski definition) is 4. The van der Waals surface area contributed by atoms with Gasteiger partial charge in [0.2, 0.25) is 0 Å². The van der Waals surface area contributed by atoms with Crippen molar-refractivity contribution in [2.75, 3.05) is 0 Å². The monoisotopic (exact) mass is 591 g/mol. The Hall–Kier alpha value is -3.21. The lowest BCUT2D eigenvalue weighted by Gasteiger charge is -2.14. The molecule has 1 atom stereocenters. The van der Waals surface area contributed by atoms with E-state index in [4.69, 9.17) is 4.74 Å². The van der Waals surface area contributed by atoms with Crippen molar-refractivity contribution in [2.24, 2.45) is 5.10 Å². The number of para-hydroxylation sites is 1. The highest BCUT2D eigenvalue weighted by Gasteiger charge is 2.31. The molecule has 0 fully saturated rings. The Labute approximate surface area is 213 Å². The number of ether oxygens (including phenoxy) is 1. The van der Waals surface area contributed by atoms with Crippen molar-refractivity contribution >= 4 is 39.7 Å². The Morgan fingerprint density at radius 3 is 2.60 bits per heavy atom. The van der Waals surface area contributed by atoms with E-state index in [1.807, 2.05) is 26.0 Å². The number of alkyl halides is 3. The predicted molar refractivity (Wildman–Crippen MR) is 139 cm³/mol. The van der Waals surface area contributed by atoms with Gasteiger partial charge < -0.3 is 4.74 Å². The van der Waals surface area contributed by atoms with Crippen LogP contribution in [-0.2, 0) is 6.18 Å². The van der Waals surface area contributed by atoms with Crippen LogP contribution in [0, 0.1) is 3.57 Å². The summed E-state index contributed by atoms with van der Waals surface area (Å²) in [5.41, 5.74) is -0.116. The summed E-state index contributed by atoms with van der Waals surface area (Å²) in [7, 11) is 0. The summed E-state index contributed by atoms with van der Waals surface area (Å²) >= 11 is 2.16. The molecular formula is C26H21F3IN3O2. The number of hydrogen-bond donors (Lipinski definition) is 0. The number of fused-ring (bicyclic) bond motifs is 1. The highest BCUT2D eigenvalue weighted by molar-refractivity contribution is 14.1. The molecule has 180 valence electrons. The van der Waals surface area contributed by atoms with Crippen molar-refractivity contribution in [3.8, 4) is 17.1 Å². The van der Waals surface area contributed by atoms with Crippen LogP contribution in [0.5, 0.6) is 5.75 Å². The topological polar surface area (TPSA) is 56.5 Å². The minimum Gasteiger partial charge on any atom is -0.490 e. The summed E-state index contributed by atoms with van der Waals surface area (Å²) in [6.45, 7) is 4.02. The predicted octanol–water partition coefficient (Wildman–Crippen LogP) is 6.75. The summed E-state index contributed by atoms with van der Waals surface area (Å²) < 4.78 is 47.8. The van der Waals surface area contributed by atoms with Crippen molar-refractivity contribution in [1.29, 1.82) is 0 Å². The fraction of sp³-hybridized carbons (Fsp3) is 0.192. The van der Waals surface area contributed by atoms with E-state index in [9.17, 15) is 18.0 Å². The first-order valence-corrected chi connectivity index (χ1v) is 11.9. The van der Waals surface area contributed by atoms with Crippen LogP contribution in [-0.4, -0.2) is 22.0 Å². The highest BCUT2D eigenvalue weighted by Crippen LogP contribution is 2.32. The summed E-state index contributed by atoms with van der Waals surface area (Å²) in [5, 5.41) is 4.65. The minimum atomic E-state index is -4.53. The average molecular weight is 591 g/mol. The Morgan fingerprint density at radius 1 is 1.11 bits per heavy atom. The normalized spacial score (nSPS) is 12.9. The van der Waals surface area contributed by atoms with E-state index in [0.717, 1.165) is 32.5 Å². The molecule has 0 aliphatic carbocycles. The molecule has 0 amide bonds. The van der Waals surface area contributed by atoms with Gasteiger partial charge in [-0.2, -0.15) is 22.9 Å². The molecule has 0 saturated heterocycles. The third-order valence-electron chi connectivity index (χ3n) is 5.38. The first-order valence-electron chi connectivity index (χ1n) is 10.9. The molecule has 1 heterocycles. The van der Waals surface area contributed by atoms with Crippen LogP contribution in [0.4, 0.5) is 13.2 Å². The second-order valence-electron chi connectivity index (χ2n) is 7.92. The molecular weight excluding hydrogens is 570 g/mol. The summed E-state index contributed by atoms with van der Waals surface area (Å²) in [5.74, 6) is 0.758. The van der Waals surface area contributed by atoms with Crippen molar-refractivity contribution in [1.82, 2.24) is 9.66 Å². The van der Waals surface area contributed by atoms with Crippen LogP contribution >= 0.6 is 22.6 Å². The summed E-state index contributed by atoms with van der Waals surface area (Å²) in [4.78, 5) is 17.7. The molecule has 0 N–H and O–H groups in total. The third kappa shape index (κ3) is 5.55. The van der Waals surface area contributed by atoms with Crippen LogP contribution in [0.25, 0.3) is 22.3 Å². The lowest BCUT2D eigenvalue weighted by molar-refractivity contribution is -0.137. The molecule has 0 aliphatic heterocycles. The van der Waals surface area contributed by atoms with Gasteiger partial charge in [0.15, 0.2) is 5.82 Å². The maximum absolute atomic E-state index is 13.3. The zero-order chi connectivity index (χ0) is 25.2. The van der Waals surface area contributed by atoms with Gasteiger partial charge >= 0.3 is 6.18 Å². The smallest absolute Gasteiger partial charge is 0.416 e. The molecule has 0 bridgehead atoms. The zero-order valence-corrected chi connectivity index (χ0v) is 21.0. The molecule has 35 heavy (non-hydrogen) atoms. The van der Waals surface area contributed by atoms with Crippen molar-refractivity contribution < 1.29 is 17.9 Å². The fourth-order valence-corrected chi connectivity index (χ4v) is 4.04. The van der Waals surface area contributed by atoms with Crippen LogP contribution in [0.15, 0.2) is 76.6 Å². The average Bonchev–Trinajstić information content (AvgIpc) is 2.84. The van der Waals surface area contributed by atoms with E-state index >= 15 is 0 Å². The largest absolute Gasteiger partial charge is 0.490 e. The molecule has 0 radical (unpaired) electrons. The Morgan fingerprint density at radius 2 is 1.89 bits per heavy atom. The van der Waals surface area contributed by atoms with Crippen LogP contribution in [0.1, 0.15) is 31.4 Å². The SMILES string of the molecule is CC[C@H](C)Oc1ccc(C=Nn2c(-c3cccc(C(F)(F)F)c3)nc3ccccc3c2=O)cc1I. The molecule has 0 aliphatic rings. The number of nitrogens with zero attached hydrogens (tertiary/aromatic N) is 3. The molecule has 5 nitrogen and oxygen atoms in total. The number of rotatable bonds is 6. The molecule has 0 unspecified atom stereocenters. The van der Waals surface area contributed by atoms with Gasteiger partial charge in [0.25, 0.3) is 5.56 Å². The van der Waals surface area contributed by atoms with E-state index in [0.29, 0.717) is 16.5 Å². The Kier molecular flexibility index (Phi) is 7.25. The molecule has 0 spiro atoms. The van der Waals surface area contributed by atoms with Crippen molar-refractivity contribution in [2.45, 2.75) is 32.5 Å². The lowest BCUT2D eigenvalue weighted by atomic mass is 10.1. The highest BCUT2D eigenvalue weighted by atomic mass is 127. The van der Waals surface area contributed by atoms with E-state index in [1.54, 1.807) is 30.3 Å². The van der Waals surface area contributed by atoms with Crippen LogP contribution < -0.4 is 10.3 Å². The second-order valence-corrected chi connectivity index (χ2v) is 9.08. The fourth-order valence-electron chi connectivity index (χ4n) is 3.37. The van der Waals surface area contributed by atoms with Gasteiger partial charge in [0.05, 0.1) is 32.4 Å². The standard InChI is InChI=1S/C26H21F3IN3O2/c1-3-16(2)35-23-12-11-17(13-21(23)30)15-31-33-24(18-7-6-8-19(14-18)26(27,28)29)32-22-10-5-4-9-20(22)25(33)34/h4-16H,3H2,1-2H3/t16-/m0/s1. The van der Waals surface area contributed by atoms with Gasteiger partial charge in [-0.3, -0.25) is 4.79 Å². The number of aromatic nitrogens is 2. The zero-order valence-electron chi connectivity index (χ0n) is 18.9. The maximum Gasteiger partial charge on any atom is 0.416 e. The van der Waals surface area contributed by atoms with Gasteiger partial charge in [-0.05, 0) is 84.0 Å². The molecule has 0 saturated carbocycles. The summed E-state index contributed by atoms with van der Waals surface area (Å²) in [6.07, 6.45) is -2.11. The third-order valence-corrected chi connectivity index (χ3v) is 6.23. The van der Waals surface area contributed by atoms with Crippen molar-refractivity contribution in [3.63, 3.8) is 0 Å². The molecule has 1 aromatic heterocycles. The molecule has 4 rings (SSSR count). The van der Waals surface area contributed by atoms with Crippen molar-refractivity contribution in [3.05, 3.63) is 91.8 Å². The van der Waals surface area contributed by atoms with E-state index in [2.05, 4.69) is 32.7 Å². The quantitative estimate of drug-likeness (QED) is 0.184. The van der Waals surface area contributed by atoms with Gasteiger partial charge in [-0.25, -0.2) is 4.98 Å². The first-order chi connectivity index (χ1) is 16.7. The molecule has 9 heteroatoms. The van der Waals surface area contributed by atoms with E-state index in [-0.39, 0.29) is 17.5 Å².